The smallest absolute Gasteiger partial charge is 0.295 e. The average molecular weight is 440 g/mol. The maximum Gasteiger partial charge on any atom is 0.295 e. The van der Waals surface area contributed by atoms with Crippen molar-refractivity contribution in [2.45, 2.75) is 51.6 Å². The lowest BCUT2D eigenvalue weighted by Gasteiger charge is -2.30. The molecule has 5 nitrogen and oxygen atoms in total. The van der Waals surface area contributed by atoms with Crippen LogP contribution < -0.4 is 4.74 Å². The monoisotopic (exact) mass is 439 g/mol. The third-order valence-electron chi connectivity index (χ3n) is 6.38. The van der Waals surface area contributed by atoms with Gasteiger partial charge < -0.3 is 14.7 Å². The first-order valence-electron chi connectivity index (χ1n) is 10.5. The molecule has 2 aromatic rings. The van der Waals surface area contributed by atoms with Crippen LogP contribution in [-0.2, 0) is 9.59 Å². The van der Waals surface area contributed by atoms with Crippen LogP contribution in [0.4, 0.5) is 0 Å². The summed E-state index contributed by atoms with van der Waals surface area (Å²) in [7, 11) is 1.59. The Morgan fingerprint density at radius 2 is 1.71 bits per heavy atom. The first kappa shape index (κ1) is 21.4. The fourth-order valence-corrected chi connectivity index (χ4v) is 4.92. The van der Waals surface area contributed by atoms with Gasteiger partial charge in [0.05, 0.1) is 18.7 Å². The molecule has 162 valence electrons. The van der Waals surface area contributed by atoms with Crippen LogP contribution >= 0.6 is 11.6 Å². The number of carbonyl (C=O) groups excluding carboxylic acids is 2. The molecule has 0 bridgehead atoms. The maximum absolute atomic E-state index is 13.2. The number of aryl methyl sites for hydroxylation is 2. The zero-order valence-electron chi connectivity index (χ0n) is 17.9. The minimum Gasteiger partial charge on any atom is -0.507 e. The molecule has 0 radical (unpaired) electrons. The van der Waals surface area contributed by atoms with E-state index in [1.165, 1.54) is 0 Å². The third kappa shape index (κ3) is 3.72. The second kappa shape index (κ2) is 8.39. The summed E-state index contributed by atoms with van der Waals surface area (Å²) in [6.45, 7) is 3.73. The highest BCUT2D eigenvalue weighted by Gasteiger charge is 2.49. The first-order valence-corrected chi connectivity index (χ1v) is 10.9. The summed E-state index contributed by atoms with van der Waals surface area (Å²) < 4.78 is 5.37. The van der Waals surface area contributed by atoms with Gasteiger partial charge in [-0.1, -0.05) is 36.6 Å². The van der Waals surface area contributed by atoms with Crippen LogP contribution in [0, 0.1) is 13.8 Å². The largest absolute Gasteiger partial charge is 0.507 e. The van der Waals surface area contributed by atoms with E-state index in [9.17, 15) is 14.7 Å². The van der Waals surface area contributed by atoms with E-state index < -0.39 is 17.7 Å². The Bertz CT molecular complexity index is 1070. The molecule has 1 atom stereocenters. The molecule has 1 amide bonds. The number of nitrogens with zero attached hydrogens (tertiary/aromatic N) is 1. The number of hydrogen-bond donors (Lipinski definition) is 1. The van der Waals surface area contributed by atoms with Crippen molar-refractivity contribution in [2.24, 2.45) is 0 Å². The van der Waals surface area contributed by atoms with Crippen molar-refractivity contribution < 1.29 is 19.4 Å². The molecule has 4 rings (SSSR count). The zero-order chi connectivity index (χ0) is 22.3. The quantitative estimate of drug-likeness (QED) is 0.397. The summed E-state index contributed by atoms with van der Waals surface area (Å²) in [5.74, 6) is -0.634. The first-order chi connectivity index (χ1) is 14.8. The summed E-state index contributed by atoms with van der Waals surface area (Å²) >= 11 is 6.08. The summed E-state index contributed by atoms with van der Waals surface area (Å²) in [6.07, 6.45) is 3.77. The lowest BCUT2D eigenvalue weighted by Crippen LogP contribution is -2.37. The molecule has 1 unspecified atom stereocenters. The summed E-state index contributed by atoms with van der Waals surface area (Å²) in [6, 6.07) is 10.1. The number of aliphatic hydroxyl groups excluding tert-OH is 1. The molecule has 1 aliphatic heterocycles. The predicted octanol–water partition coefficient (Wildman–Crippen LogP) is 5.33. The van der Waals surface area contributed by atoms with Crippen molar-refractivity contribution >= 4 is 29.1 Å². The second-order valence-electron chi connectivity index (χ2n) is 8.33. The number of halogens is 1. The van der Waals surface area contributed by atoms with E-state index in [1.54, 1.807) is 30.2 Å². The highest BCUT2D eigenvalue weighted by molar-refractivity contribution is 6.46. The number of methoxy groups -OCH3 is 1. The molecular formula is C25H26ClNO4. The van der Waals surface area contributed by atoms with Gasteiger partial charge in [0, 0.05) is 16.6 Å². The van der Waals surface area contributed by atoms with Gasteiger partial charge in [-0.3, -0.25) is 9.59 Å². The number of Topliss-reactive ketones (excluding diaryl/α,β-unsaturated/α-hetero) is 1. The van der Waals surface area contributed by atoms with Crippen LogP contribution in [0.2, 0.25) is 5.02 Å². The average Bonchev–Trinajstić information content (AvgIpc) is 3.36. The molecule has 6 heteroatoms. The molecule has 2 aromatic carbocycles. The van der Waals surface area contributed by atoms with Crippen molar-refractivity contribution in [1.29, 1.82) is 0 Å². The Labute approximate surface area is 187 Å². The van der Waals surface area contributed by atoms with Crippen LogP contribution in [-0.4, -0.2) is 34.8 Å². The van der Waals surface area contributed by atoms with Crippen LogP contribution in [0.3, 0.4) is 0 Å². The van der Waals surface area contributed by atoms with Gasteiger partial charge in [0.15, 0.2) is 0 Å². The number of hydrogen-bond acceptors (Lipinski definition) is 4. The molecule has 31 heavy (non-hydrogen) atoms. The number of amides is 1. The fraction of sp³-hybridized carbons (Fsp3) is 0.360. The lowest BCUT2D eigenvalue weighted by molar-refractivity contribution is -0.141. The van der Waals surface area contributed by atoms with Crippen molar-refractivity contribution in [3.05, 3.63) is 69.2 Å². The number of benzene rings is 2. The number of aliphatic hydroxyl groups is 1. The van der Waals surface area contributed by atoms with E-state index in [4.69, 9.17) is 16.3 Å². The number of likely N-dealkylation sites (tertiary alicyclic amines) is 1. The van der Waals surface area contributed by atoms with Gasteiger partial charge in [-0.25, -0.2) is 0 Å². The van der Waals surface area contributed by atoms with Gasteiger partial charge in [0.2, 0.25) is 0 Å². The molecule has 0 aromatic heterocycles. The molecule has 2 fully saturated rings. The molecule has 1 N–H and O–H groups in total. The molecule has 1 heterocycles. The summed E-state index contributed by atoms with van der Waals surface area (Å²) in [4.78, 5) is 28.0. The standard InChI is InChI=1S/C25H26ClNO4/c1-14-13-20(31-3)15(2)12-19(14)23(28)21-22(16-8-10-17(26)11-9-16)27(25(30)24(21)29)18-6-4-5-7-18/h8-13,18,22,28H,4-7H2,1-3H3/b23-21+. The molecule has 1 aliphatic carbocycles. The minimum atomic E-state index is -0.641. The molecule has 1 saturated carbocycles. The highest BCUT2D eigenvalue weighted by atomic mass is 35.5. The number of ketones is 1. The van der Waals surface area contributed by atoms with Gasteiger partial charge in [0.1, 0.15) is 11.5 Å². The van der Waals surface area contributed by atoms with E-state index in [0.29, 0.717) is 16.3 Å². The summed E-state index contributed by atoms with van der Waals surface area (Å²) in [5.41, 5.74) is 3.03. The Morgan fingerprint density at radius 3 is 2.32 bits per heavy atom. The van der Waals surface area contributed by atoms with E-state index in [1.807, 2.05) is 32.0 Å². The Kier molecular flexibility index (Phi) is 5.80. The number of carbonyl (C=O) groups is 2. The lowest BCUT2D eigenvalue weighted by atomic mass is 9.92. The minimum absolute atomic E-state index is 0.0128. The topological polar surface area (TPSA) is 66.8 Å². The maximum atomic E-state index is 13.2. The summed E-state index contributed by atoms with van der Waals surface area (Å²) in [5, 5.41) is 11.9. The number of ether oxygens (including phenoxy) is 1. The van der Waals surface area contributed by atoms with Crippen LogP contribution in [0.1, 0.15) is 54.0 Å². The van der Waals surface area contributed by atoms with Crippen molar-refractivity contribution in [3.8, 4) is 5.75 Å². The van der Waals surface area contributed by atoms with Crippen molar-refractivity contribution in [3.63, 3.8) is 0 Å². The second-order valence-corrected chi connectivity index (χ2v) is 8.77. The van der Waals surface area contributed by atoms with Gasteiger partial charge in [-0.05, 0) is 67.6 Å². The van der Waals surface area contributed by atoms with Crippen LogP contribution in [0.25, 0.3) is 5.76 Å². The van der Waals surface area contributed by atoms with Gasteiger partial charge >= 0.3 is 0 Å². The molecule has 2 aliphatic rings. The van der Waals surface area contributed by atoms with Crippen molar-refractivity contribution in [2.75, 3.05) is 7.11 Å². The van der Waals surface area contributed by atoms with Crippen LogP contribution in [0.5, 0.6) is 5.75 Å². The van der Waals surface area contributed by atoms with E-state index in [0.717, 1.165) is 42.4 Å². The molecule has 0 spiro atoms. The normalized spacial score (nSPS) is 21.2. The highest BCUT2D eigenvalue weighted by Crippen LogP contribution is 2.44. The van der Waals surface area contributed by atoms with Crippen molar-refractivity contribution in [1.82, 2.24) is 4.90 Å². The molecule has 1 saturated heterocycles. The van der Waals surface area contributed by atoms with Crippen LogP contribution in [0.15, 0.2) is 42.0 Å². The van der Waals surface area contributed by atoms with E-state index >= 15 is 0 Å². The SMILES string of the molecule is COc1cc(C)c(/C(O)=C2\C(=O)C(=O)N(C3CCCC3)C2c2ccc(Cl)cc2)cc1C. The van der Waals surface area contributed by atoms with Gasteiger partial charge in [-0.2, -0.15) is 0 Å². The third-order valence-corrected chi connectivity index (χ3v) is 6.63. The molecular weight excluding hydrogens is 414 g/mol. The fourth-order valence-electron chi connectivity index (χ4n) is 4.79. The Hall–Kier alpha value is -2.79. The van der Waals surface area contributed by atoms with Gasteiger partial charge in [-0.15, -0.1) is 0 Å². The van der Waals surface area contributed by atoms with Gasteiger partial charge in [0.25, 0.3) is 11.7 Å². The Morgan fingerprint density at radius 1 is 1.06 bits per heavy atom. The van der Waals surface area contributed by atoms with E-state index in [-0.39, 0.29) is 17.4 Å². The predicted molar refractivity (Wildman–Crippen MR) is 120 cm³/mol. The Balaban J connectivity index is 1.91. The van der Waals surface area contributed by atoms with E-state index in [2.05, 4.69) is 0 Å². The zero-order valence-corrected chi connectivity index (χ0v) is 18.7. The number of rotatable bonds is 4.